The molecule has 114 valence electrons. The van der Waals surface area contributed by atoms with Gasteiger partial charge in [-0.15, -0.1) is 0 Å². The summed E-state index contributed by atoms with van der Waals surface area (Å²) in [5, 5.41) is 0.441. The fourth-order valence-electron chi connectivity index (χ4n) is 2.06. The second kappa shape index (κ2) is 5.80. The van der Waals surface area contributed by atoms with Gasteiger partial charge >= 0.3 is 11.9 Å². The van der Waals surface area contributed by atoms with Gasteiger partial charge in [0.15, 0.2) is 0 Å². The number of nitrogens with two attached hydrogens (primary N) is 1. The molecule has 1 amide bonds. The molecule has 0 radical (unpaired) electrons. The Morgan fingerprint density at radius 3 is 2.52 bits per heavy atom. The van der Waals surface area contributed by atoms with Crippen LogP contribution in [-0.4, -0.2) is 41.7 Å². The molecule has 0 atom stereocenters. The minimum Gasteiger partial charge on any atom is -0.466 e. The highest BCUT2D eigenvalue weighted by molar-refractivity contribution is 8.04. The van der Waals surface area contributed by atoms with Crippen molar-refractivity contribution in [2.75, 3.05) is 12.9 Å². The molecule has 2 aliphatic rings. The molecule has 0 aromatic rings. The number of carbonyl (C=O) groups is 3. The lowest BCUT2D eigenvalue weighted by Gasteiger charge is -2.27. The Morgan fingerprint density at radius 2 is 1.95 bits per heavy atom. The van der Waals surface area contributed by atoms with E-state index in [0.717, 1.165) is 0 Å². The van der Waals surface area contributed by atoms with Gasteiger partial charge in [-0.25, -0.2) is 9.59 Å². The summed E-state index contributed by atoms with van der Waals surface area (Å²) in [6.07, 6.45) is -0.304. The minimum atomic E-state index is -0.661. The smallest absolute Gasteiger partial charge is 0.337 e. The molecular formula is C13H16N2O5S. The maximum atomic E-state index is 12.2. The molecule has 0 unspecified atom stereocenters. The molecule has 2 N–H and O–H groups in total. The maximum absolute atomic E-state index is 12.2. The van der Waals surface area contributed by atoms with Crippen molar-refractivity contribution < 1.29 is 23.9 Å². The van der Waals surface area contributed by atoms with Gasteiger partial charge in [0.1, 0.15) is 5.82 Å². The number of fused-ring (bicyclic) bond motifs is 1. The van der Waals surface area contributed by atoms with Crippen molar-refractivity contribution in [3.63, 3.8) is 0 Å². The standard InChI is InChI=1S/C13H16N2O5S/c1-6(2)20-13(18)8-4-7(12(17)19-3)10(14)15-9(16)5-21-11(8)15/h6H,4-5,14H2,1-3H3. The number of ether oxygens (including phenoxy) is 2. The highest BCUT2D eigenvalue weighted by atomic mass is 32.2. The van der Waals surface area contributed by atoms with Gasteiger partial charge in [-0.05, 0) is 13.8 Å². The Bertz CT molecular complexity index is 579. The van der Waals surface area contributed by atoms with Gasteiger partial charge in [0.2, 0.25) is 5.91 Å². The van der Waals surface area contributed by atoms with E-state index < -0.39 is 11.9 Å². The molecule has 1 saturated heterocycles. The Labute approximate surface area is 126 Å². The van der Waals surface area contributed by atoms with Crippen LogP contribution in [0.5, 0.6) is 0 Å². The highest BCUT2D eigenvalue weighted by Gasteiger charge is 2.40. The Balaban J connectivity index is 2.43. The first kappa shape index (κ1) is 15.4. The van der Waals surface area contributed by atoms with Crippen LogP contribution in [0.4, 0.5) is 0 Å². The normalized spacial score (nSPS) is 18.3. The molecule has 0 saturated carbocycles. The van der Waals surface area contributed by atoms with E-state index in [-0.39, 0.29) is 41.2 Å². The lowest BCUT2D eigenvalue weighted by atomic mass is 10.0. The van der Waals surface area contributed by atoms with Crippen molar-refractivity contribution in [2.45, 2.75) is 26.4 Å². The first-order valence-electron chi connectivity index (χ1n) is 6.33. The van der Waals surface area contributed by atoms with Gasteiger partial charge in [0.05, 0.1) is 35.1 Å². The molecule has 1 fully saturated rings. The number of methoxy groups -OCH3 is 1. The molecule has 0 aromatic heterocycles. The van der Waals surface area contributed by atoms with Crippen LogP contribution >= 0.6 is 11.8 Å². The van der Waals surface area contributed by atoms with Gasteiger partial charge < -0.3 is 15.2 Å². The molecule has 0 bridgehead atoms. The average Bonchev–Trinajstić information content (AvgIpc) is 2.80. The van der Waals surface area contributed by atoms with Crippen LogP contribution in [0.2, 0.25) is 0 Å². The third kappa shape index (κ3) is 2.76. The summed E-state index contributed by atoms with van der Waals surface area (Å²) >= 11 is 1.21. The predicted octanol–water partition coefficient (Wildman–Crippen LogP) is 0.472. The fourth-order valence-corrected chi connectivity index (χ4v) is 3.11. The number of hydrogen-bond acceptors (Lipinski definition) is 7. The monoisotopic (exact) mass is 312 g/mol. The van der Waals surface area contributed by atoms with E-state index in [1.807, 2.05) is 0 Å². The second-order valence-electron chi connectivity index (χ2n) is 4.79. The molecule has 21 heavy (non-hydrogen) atoms. The molecule has 7 nitrogen and oxygen atoms in total. The van der Waals surface area contributed by atoms with Gasteiger partial charge in [-0.2, -0.15) is 0 Å². The van der Waals surface area contributed by atoms with Crippen LogP contribution in [0.1, 0.15) is 20.3 Å². The molecule has 2 aliphatic heterocycles. The quantitative estimate of drug-likeness (QED) is 0.756. The molecule has 0 aromatic carbocycles. The Kier molecular flexibility index (Phi) is 4.26. The summed E-state index contributed by atoms with van der Waals surface area (Å²) in [5.74, 6) is -1.30. The molecule has 8 heteroatoms. The summed E-state index contributed by atoms with van der Waals surface area (Å²) in [5.41, 5.74) is 6.23. The molecule has 0 aliphatic carbocycles. The number of amides is 1. The zero-order valence-corrected chi connectivity index (χ0v) is 12.8. The topological polar surface area (TPSA) is 98.9 Å². The lowest BCUT2D eigenvalue weighted by Crippen LogP contribution is -2.36. The zero-order chi connectivity index (χ0) is 15.7. The molecule has 0 spiro atoms. The Hall–Kier alpha value is -1.96. The van der Waals surface area contributed by atoms with Crippen LogP contribution in [0, 0.1) is 0 Å². The van der Waals surface area contributed by atoms with Gasteiger partial charge in [0, 0.05) is 6.42 Å². The highest BCUT2D eigenvalue weighted by Crippen LogP contribution is 2.40. The summed E-state index contributed by atoms with van der Waals surface area (Å²) in [4.78, 5) is 37.1. The van der Waals surface area contributed by atoms with Crippen LogP contribution in [0.3, 0.4) is 0 Å². The molecule has 2 rings (SSSR count). The van der Waals surface area contributed by atoms with E-state index in [0.29, 0.717) is 5.03 Å². The minimum absolute atomic E-state index is 0.00380. The largest absolute Gasteiger partial charge is 0.466 e. The number of rotatable bonds is 3. The number of esters is 2. The van der Waals surface area contributed by atoms with E-state index in [1.165, 1.54) is 23.8 Å². The van der Waals surface area contributed by atoms with E-state index >= 15 is 0 Å². The predicted molar refractivity (Wildman–Crippen MR) is 75.4 cm³/mol. The third-order valence-electron chi connectivity index (χ3n) is 2.97. The molecule has 2 heterocycles. The Morgan fingerprint density at radius 1 is 1.29 bits per heavy atom. The van der Waals surface area contributed by atoms with Crippen molar-refractivity contribution in [2.24, 2.45) is 5.73 Å². The maximum Gasteiger partial charge on any atom is 0.337 e. The number of hydrogen-bond donors (Lipinski definition) is 1. The number of nitrogens with zero attached hydrogens (tertiary/aromatic N) is 1. The van der Waals surface area contributed by atoms with E-state index in [9.17, 15) is 14.4 Å². The van der Waals surface area contributed by atoms with Crippen LogP contribution in [-0.2, 0) is 23.9 Å². The number of carbonyl (C=O) groups excluding carboxylic acids is 3. The van der Waals surface area contributed by atoms with Crippen molar-refractivity contribution >= 4 is 29.6 Å². The lowest BCUT2D eigenvalue weighted by molar-refractivity contribution is -0.142. The van der Waals surface area contributed by atoms with Gasteiger partial charge in [-0.1, -0.05) is 11.8 Å². The SMILES string of the molecule is COC(=O)C1=C(N)N2C(=O)CSC2=C(C(=O)OC(C)C)C1. The van der Waals surface area contributed by atoms with E-state index in [4.69, 9.17) is 10.5 Å². The molecular weight excluding hydrogens is 296 g/mol. The fraction of sp³-hybridized carbons (Fsp3) is 0.462. The third-order valence-corrected chi connectivity index (χ3v) is 4.06. The number of thioether (sulfide) groups is 1. The first-order valence-corrected chi connectivity index (χ1v) is 7.32. The van der Waals surface area contributed by atoms with E-state index in [1.54, 1.807) is 13.8 Å². The zero-order valence-electron chi connectivity index (χ0n) is 12.0. The van der Waals surface area contributed by atoms with Crippen LogP contribution in [0.25, 0.3) is 0 Å². The van der Waals surface area contributed by atoms with Crippen molar-refractivity contribution in [3.05, 3.63) is 22.0 Å². The van der Waals surface area contributed by atoms with Crippen LogP contribution < -0.4 is 5.73 Å². The van der Waals surface area contributed by atoms with Gasteiger partial charge in [-0.3, -0.25) is 9.69 Å². The summed E-state index contributed by atoms with van der Waals surface area (Å²) < 4.78 is 9.82. The summed E-state index contributed by atoms with van der Waals surface area (Å²) in [6.45, 7) is 3.45. The summed E-state index contributed by atoms with van der Waals surface area (Å²) in [6, 6.07) is 0. The average molecular weight is 312 g/mol. The van der Waals surface area contributed by atoms with Crippen molar-refractivity contribution in [1.29, 1.82) is 0 Å². The second-order valence-corrected chi connectivity index (χ2v) is 5.75. The first-order chi connectivity index (χ1) is 9.86. The van der Waals surface area contributed by atoms with Gasteiger partial charge in [0.25, 0.3) is 0 Å². The van der Waals surface area contributed by atoms with E-state index in [2.05, 4.69) is 4.74 Å². The van der Waals surface area contributed by atoms with Crippen molar-refractivity contribution in [1.82, 2.24) is 4.90 Å². The van der Waals surface area contributed by atoms with Crippen LogP contribution in [0.15, 0.2) is 22.0 Å². The summed E-state index contributed by atoms with van der Waals surface area (Å²) in [7, 11) is 1.22. The van der Waals surface area contributed by atoms with Crippen molar-refractivity contribution in [3.8, 4) is 0 Å².